The minimum Gasteiger partial charge on any atom is -0.481 e. The van der Waals surface area contributed by atoms with Gasteiger partial charge in [-0.3, -0.25) is 14.5 Å². The lowest BCUT2D eigenvalue weighted by molar-refractivity contribution is -0.137. The Bertz CT molecular complexity index is 2660. The van der Waals surface area contributed by atoms with Crippen LogP contribution in [0.5, 0.6) is 0 Å². The zero-order valence-electron chi connectivity index (χ0n) is 39.8. The summed E-state index contributed by atoms with van der Waals surface area (Å²) in [6, 6.07) is 25.5. The summed E-state index contributed by atoms with van der Waals surface area (Å²) in [4.78, 5) is 29.6. The van der Waals surface area contributed by atoms with Gasteiger partial charge in [-0.2, -0.15) is 13.2 Å². The van der Waals surface area contributed by atoms with Crippen molar-refractivity contribution in [1.29, 1.82) is 0 Å². The Kier molecular flexibility index (Phi) is 18.9. The summed E-state index contributed by atoms with van der Waals surface area (Å²) in [5, 5.41) is 12.6. The quantitative estimate of drug-likeness (QED) is 0.0478. The number of hydrogen-bond donors (Lipinski definition) is 3. The van der Waals surface area contributed by atoms with Crippen molar-refractivity contribution >= 4 is 72.0 Å². The first-order valence-corrected chi connectivity index (χ1v) is 27.8. The smallest absolute Gasteiger partial charge is 0.481 e. The number of carbonyl (C=O) groups excluding carboxylic acids is 1. The third kappa shape index (κ3) is 15.5. The van der Waals surface area contributed by atoms with E-state index < -0.39 is 58.8 Å². The number of alkyl halides is 3. The monoisotopic (exact) mass is 1050 g/mol. The van der Waals surface area contributed by atoms with Crippen LogP contribution in [0.25, 0.3) is 5.57 Å². The predicted molar refractivity (Wildman–Crippen MR) is 273 cm³/mol. The number of unbranched alkanes of at least 4 members (excludes halogenated alkanes) is 3. The molecule has 4 aromatic carbocycles. The van der Waals surface area contributed by atoms with Crippen LogP contribution in [0.1, 0.15) is 87.6 Å². The molecule has 1 aliphatic carbocycles. The van der Waals surface area contributed by atoms with E-state index in [-0.39, 0.29) is 17.4 Å². The Hall–Kier alpha value is -4.59. The number of carboxylic acids is 1. The molecule has 1 saturated heterocycles. The van der Waals surface area contributed by atoms with Crippen molar-refractivity contribution in [2.45, 2.75) is 97.9 Å². The van der Waals surface area contributed by atoms with Crippen LogP contribution in [-0.4, -0.2) is 114 Å². The van der Waals surface area contributed by atoms with E-state index in [2.05, 4.69) is 41.1 Å². The molecule has 0 bridgehead atoms. The van der Waals surface area contributed by atoms with Crippen LogP contribution in [-0.2, 0) is 24.7 Å². The first-order chi connectivity index (χ1) is 33.1. The summed E-state index contributed by atoms with van der Waals surface area (Å²) in [6.07, 6.45) is 6.60. The Morgan fingerprint density at radius 3 is 2.20 bits per heavy atom. The number of anilines is 2. The highest BCUT2D eigenvalue weighted by Crippen LogP contribution is 2.43. The van der Waals surface area contributed by atoms with Gasteiger partial charge in [-0.1, -0.05) is 74.2 Å². The minimum atomic E-state index is -6.09. The summed E-state index contributed by atoms with van der Waals surface area (Å²) >= 11 is 7.61. The zero-order valence-corrected chi connectivity index (χ0v) is 43.0. The van der Waals surface area contributed by atoms with Crippen LogP contribution in [0, 0.1) is 5.41 Å². The molecule has 0 unspecified atom stereocenters. The van der Waals surface area contributed by atoms with Crippen molar-refractivity contribution in [2.24, 2.45) is 5.41 Å². The first kappa shape index (κ1) is 54.7. The van der Waals surface area contributed by atoms with Gasteiger partial charge in [-0.15, -0.1) is 11.8 Å². The Balaban J connectivity index is 1.11. The average molecular weight is 1050 g/mol. The van der Waals surface area contributed by atoms with E-state index in [0.29, 0.717) is 42.8 Å². The first-order valence-electron chi connectivity index (χ1n) is 23.5. The topological polar surface area (TPSA) is 156 Å². The number of nitrogens with one attached hydrogen (secondary N) is 2. The molecule has 1 fully saturated rings. The standard InChI is InChI=1S/C51H63ClF3N5O7S3/c1-50(2)26-24-45(37-14-18-40(52)19-15-37)39(34-50)35-59-29-31-60(32-30-59)42-20-16-38(17-21-42)49(63)57-70(66,67)44-22-23-46(47(33-44)69(64,65)51(53,54)55)56-41(36-68-43-11-7-6-8-12-43)25-28-58(3)27-10-5-4-9-13-48(61)62/h6-8,11-12,14-23,33,41,56H,4-5,9-10,13,24-32,34-36H2,1-3H3,(H,57,63)(H,61,62)/t41-/m1/s1. The van der Waals surface area contributed by atoms with E-state index >= 15 is 0 Å². The van der Waals surface area contributed by atoms with E-state index in [1.54, 1.807) is 12.1 Å². The number of sulfonamides is 1. The molecule has 4 aromatic rings. The lowest BCUT2D eigenvalue weighted by atomic mass is 9.73. The molecule has 1 amide bonds. The molecule has 1 atom stereocenters. The molecular weight excluding hydrogens is 983 g/mol. The number of benzene rings is 4. The van der Waals surface area contributed by atoms with Crippen molar-refractivity contribution in [3.63, 3.8) is 0 Å². The van der Waals surface area contributed by atoms with Crippen molar-refractivity contribution in [1.82, 2.24) is 14.5 Å². The van der Waals surface area contributed by atoms with Crippen LogP contribution < -0.4 is 14.9 Å². The maximum Gasteiger partial charge on any atom is 0.501 e. The molecule has 0 spiro atoms. The molecular formula is C51H63ClF3N5O7S3. The van der Waals surface area contributed by atoms with E-state index in [0.717, 1.165) is 94.0 Å². The van der Waals surface area contributed by atoms with Gasteiger partial charge in [0.25, 0.3) is 25.8 Å². The number of halogens is 4. The van der Waals surface area contributed by atoms with Crippen LogP contribution in [0.2, 0.25) is 5.02 Å². The highest BCUT2D eigenvalue weighted by Gasteiger charge is 2.48. The van der Waals surface area contributed by atoms with Gasteiger partial charge < -0.3 is 20.2 Å². The highest BCUT2D eigenvalue weighted by atomic mass is 35.5. The fourth-order valence-corrected chi connectivity index (χ4v) is 12.0. The molecule has 6 rings (SSSR count). The van der Waals surface area contributed by atoms with Gasteiger partial charge in [0.2, 0.25) is 0 Å². The number of hydrogen-bond acceptors (Lipinski definition) is 11. The van der Waals surface area contributed by atoms with Crippen molar-refractivity contribution in [3.05, 3.63) is 119 Å². The normalized spacial score (nSPS) is 16.3. The number of piperazine rings is 1. The number of nitrogens with zero attached hydrogens (tertiary/aromatic N) is 3. The van der Waals surface area contributed by atoms with E-state index in [4.69, 9.17) is 16.7 Å². The average Bonchev–Trinajstić information content (AvgIpc) is 3.31. The molecule has 12 nitrogen and oxygen atoms in total. The summed E-state index contributed by atoms with van der Waals surface area (Å²) in [5.41, 5.74) is -1.14. The van der Waals surface area contributed by atoms with Crippen molar-refractivity contribution in [2.75, 3.05) is 68.8 Å². The van der Waals surface area contributed by atoms with E-state index in [1.165, 1.54) is 40.6 Å². The van der Waals surface area contributed by atoms with Crippen LogP contribution >= 0.6 is 23.4 Å². The maximum absolute atomic E-state index is 14.3. The minimum absolute atomic E-state index is 0.0177. The third-order valence-electron chi connectivity index (χ3n) is 12.8. The Morgan fingerprint density at radius 1 is 0.871 bits per heavy atom. The zero-order chi connectivity index (χ0) is 50.7. The van der Waals surface area contributed by atoms with Gasteiger partial charge >= 0.3 is 11.5 Å². The van der Waals surface area contributed by atoms with Gasteiger partial charge in [0.05, 0.1) is 10.6 Å². The second-order valence-electron chi connectivity index (χ2n) is 18.9. The van der Waals surface area contributed by atoms with Crippen molar-refractivity contribution < 1.29 is 44.7 Å². The van der Waals surface area contributed by atoms with Crippen LogP contribution in [0.15, 0.2) is 117 Å². The number of amides is 1. The van der Waals surface area contributed by atoms with E-state index in [1.807, 2.05) is 59.1 Å². The third-order valence-corrected chi connectivity index (χ3v) is 17.1. The maximum atomic E-state index is 14.3. The number of sulfone groups is 1. The van der Waals surface area contributed by atoms with Gasteiger partial charge in [-0.25, -0.2) is 21.6 Å². The fourth-order valence-electron chi connectivity index (χ4n) is 8.83. The highest BCUT2D eigenvalue weighted by molar-refractivity contribution is 7.99. The molecule has 1 aliphatic heterocycles. The van der Waals surface area contributed by atoms with Crippen LogP contribution in [0.3, 0.4) is 0 Å². The lowest BCUT2D eigenvalue weighted by Gasteiger charge is -2.39. The molecule has 0 aromatic heterocycles. The summed E-state index contributed by atoms with van der Waals surface area (Å²) < 4.78 is 98.2. The molecule has 70 heavy (non-hydrogen) atoms. The van der Waals surface area contributed by atoms with Gasteiger partial charge in [0, 0.05) is 72.1 Å². The molecule has 380 valence electrons. The van der Waals surface area contributed by atoms with E-state index in [9.17, 15) is 39.6 Å². The number of thioether (sulfide) groups is 1. The van der Waals surface area contributed by atoms with Gasteiger partial charge in [-0.05, 0) is 142 Å². The molecule has 1 heterocycles. The number of rotatable bonds is 23. The molecule has 2 aliphatic rings. The number of carbonyl (C=O) groups is 2. The largest absolute Gasteiger partial charge is 0.501 e. The summed E-state index contributed by atoms with van der Waals surface area (Å²) in [7, 11) is -9.08. The lowest BCUT2D eigenvalue weighted by Crippen LogP contribution is -2.47. The Morgan fingerprint density at radius 2 is 1.54 bits per heavy atom. The second kappa shape index (κ2) is 24.2. The van der Waals surface area contributed by atoms with Gasteiger partial charge in [0.15, 0.2) is 0 Å². The molecule has 0 radical (unpaired) electrons. The summed E-state index contributed by atoms with van der Waals surface area (Å²) in [5.74, 6) is -1.55. The number of aliphatic carboxylic acids is 1. The molecule has 0 saturated carbocycles. The number of allylic oxidation sites excluding steroid dienone is 1. The van der Waals surface area contributed by atoms with Crippen LogP contribution in [0.4, 0.5) is 24.5 Å². The van der Waals surface area contributed by atoms with Crippen molar-refractivity contribution in [3.8, 4) is 0 Å². The summed E-state index contributed by atoms with van der Waals surface area (Å²) in [6.45, 7) is 9.73. The molecule has 19 heteroatoms. The molecule has 3 N–H and O–H groups in total. The second-order valence-corrected chi connectivity index (χ2v) is 24.0. The SMILES string of the molecule is CN(CCCCCCC(=O)O)CC[C@H](CSc1ccccc1)Nc1ccc(S(=O)(=O)NC(=O)c2ccc(N3CCN(CC4=C(c5ccc(Cl)cc5)CCC(C)(C)C4)CC3)cc2)cc1S(=O)(=O)C(F)(F)F. The Labute approximate surface area is 420 Å². The van der Waals surface area contributed by atoms with Gasteiger partial charge in [0.1, 0.15) is 4.90 Å². The number of carboxylic acid groups (broad SMARTS) is 1. The predicted octanol–water partition coefficient (Wildman–Crippen LogP) is 10.5. The fraction of sp³-hybridized carbons (Fsp3) is 0.451.